The van der Waals surface area contributed by atoms with Crippen molar-refractivity contribution in [1.82, 2.24) is 0 Å². The van der Waals surface area contributed by atoms with E-state index < -0.39 is 17.3 Å². The number of fused-ring (bicyclic) bond motifs is 1. The summed E-state index contributed by atoms with van der Waals surface area (Å²) in [7, 11) is 0. The van der Waals surface area contributed by atoms with E-state index in [0.717, 1.165) is 0 Å². The van der Waals surface area contributed by atoms with Crippen LogP contribution in [0.25, 0.3) is 0 Å². The predicted octanol–water partition coefficient (Wildman–Crippen LogP) is 1.81. The first-order chi connectivity index (χ1) is 8.90. The topological polar surface area (TPSA) is 76.4 Å². The smallest absolute Gasteiger partial charge is 0.324 e. The molecular weight excluding hydrogens is 246 g/mol. The minimum Gasteiger partial charge on any atom is -0.461 e. The molecule has 19 heavy (non-hydrogen) atoms. The fourth-order valence-corrected chi connectivity index (χ4v) is 2.62. The first-order valence-electron chi connectivity index (χ1n) is 6.72. The highest BCUT2D eigenvalue weighted by atomic mass is 16.6. The largest absolute Gasteiger partial charge is 0.461 e. The van der Waals surface area contributed by atoms with Gasteiger partial charge < -0.3 is 9.47 Å². The maximum atomic E-state index is 12.1. The maximum absolute atomic E-state index is 12.1. The van der Waals surface area contributed by atoms with Gasteiger partial charge in [0, 0.05) is 0 Å². The maximum Gasteiger partial charge on any atom is 0.324 e. The standard InChI is InChI=1S/C14H19NO4/c1-4-14(2,3)13(17)19-10-6-5-9-11(10)8(7-15)12(16)18-9/h8-11H,4-6H2,1-3H3. The zero-order valence-corrected chi connectivity index (χ0v) is 11.5. The third-order valence-electron chi connectivity index (χ3n) is 4.33. The molecule has 1 heterocycles. The Morgan fingerprint density at radius 1 is 1.53 bits per heavy atom. The Morgan fingerprint density at radius 2 is 2.21 bits per heavy atom. The Labute approximate surface area is 112 Å². The Morgan fingerprint density at radius 3 is 2.79 bits per heavy atom. The number of ether oxygens (including phenoxy) is 2. The van der Waals surface area contributed by atoms with Gasteiger partial charge in [0.15, 0.2) is 5.92 Å². The van der Waals surface area contributed by atoms with E-state index >= 15 is 0 Å². The molecule has 0 aromatic rings. The quantitative estimate of drug-likeness (QED) is 0.727. The molecule has 5 heteroatoms. The van der Waals surface area contributed by atoms with Crippen LogP contribution in [-0.4, -0.2) is 24.1 Å². The van der Waals surface area contributed by atoms with Crippen molar-refractivity contribution in [2.24, 2.45) is 17.3 Å². The summed E-state index contributed by atoms with van der Waals surface area (Å²) >= 11 is 0. The lowest BCUT2D eigenvalue weighted by Crippen LogP contribution is -2.34. The van der Waals surface area contributed by atoms with Gasteiger partial charge >= 0.3 is 11.9 Å². The van der Waals surface area contributed by atoms with E-state index in [1.807, 2.05) is 26.8 Å². The number of esters is 2. The molecule has 0 aromatic carbocycles. The minimum absolute atomic E-state index is 0.264. The van der Waals surface area contributed by atoms with Crippen molar-refractivity contribution in [3.05, 3.63) is 0 Å². The van der Waals surface area contributed by atoms with E-state index in [9.17, 15) is 9.59 Å². The van der Waals surface area contributed by atoms with Crippen molar-refractivity contribution >= 4 is 11.9 Å². The number of nitrogens with zero attached hydrogens (tertiary/aromatic N) is 1. The summed E-state index contributed by atoms with van der Waals surface area (Å²) in [5, 5.41) is 9.05. The van der Waals surface area contributed by atoms with Crippen LogP contribution in [-0.2, 0) is 19.1 Å². The summed E-state index contributed by atoms with van der Waals surface area (Å²) in [5.41, 5.74) is -0.538. The summed E-state index contributed by atoms with van der Waals surface area (Å²) in [5.74, 6) is -1.84. The molecule has 0 N–H and O–H groups in total. The van der Waals surface area contributed by atoms with E-state index in [1.165, 1.54) is 0 Å². The predicted molar refractivity (Wildman–Crippen MR) is 65.7 cm³/mol. The number of carbonyl (C=O) groups is 2. The van der Waals surface area contributed by atoms with E-state index in [2.05, 4.69) is 0 Å². The fourth-order valence-electron chi connectivity index (χ4n) is 2.62. The highest BCUT2D eigenvalue weighted by Crippen LogP contribution is 2.42. The van der Waals surface area contributed by atoms with Crippen LogP contribution >= 0.6 is 0 Å². The van der Waals surface area contributed by atoms with Gasteiger partial charge in [0.25, 0.3) is 0 Å². The lowest BCUT2D eigenvalue weighted by molar-refractivity contribution is -0.162. The molecule has 0 radical (unpaired) electrons. The zero-order valence-electron chi connectivity index (χ0n) is 11.5. The van der Waals surface area contributed by atoms with E-state index in [-0.39, 0.29) is 24.1 Å². The Hall–Kier alpha value is -1.57. The molecule has 0 spiro atoms. The van der Waals surface area contributed by atoms with Gasteiger partial charge in [-0.1, -0.05) is 6.92 Å². The van der Waals surface area contributed by atoms with Crippen LogP contribution in [0.2, 0.25) is 0 Å². The van der Waals surface area contributed by atoms with Crippen LogP contribution in [0.1, 0.15) is 40.0 Å². The third-order valence-corrected chi connectivity index (χ3v) is 4.33. The minimum atomic E-state index is -0.796. The van der Waals surface area contributed by atoms with Crippen LogP contribution in [0.4, 0.5) is 0 Å². The first-order valence-corrected chi connectivity index (χ1v) is 6.72. The molecular formula is C14H19NO4. The van der Waals surface area contributed by atoms with Crippen LogP contribution in [0.5, 0.6) is 0 Å². The summed E-state index contributed by atoms with van der Waals surface area (Å²) in [6, 6.07) is 1.98. The molecule has 2 fully saturated rings. The molecule has 1 saturated carbocycles. The molecule has 5 nitrogen and oxygen atoms in total. The van der Waals surface area contributed by atoms with Crippen molar-refractivity contribution in [3.8, 4) is 6.07 Å². The second-order valence-corrected chi connectivity index (χ2v) is 5.92. The van der Waals surface area contributed by atoms with Gasteiger partial charge in [-0.15, -0.1) is 0 Å². The van der Waals surface area contributed by atoms with Crippen LogP contribution in [0.3, 0.4) is 0 Å². The molecule has 0 amide bonds. The average molecular weight is 265 g/mol. The second-order valence-electron chi connectivity index (χ2n) is 5.92. The lowest BCUT2D eigenvalue weighted by atomic mass is 9.89. The van der Waals surface area contributed by atoms with Crippen LogP contribution in [0.15, 0.2) is 0 Å². The van der Waals surface area contributed by atoms with Crippen molar-refractivity contribution < 1.29 is 19.1 Å². The average Bonchev–Trinajstić information content (AvgIpc) is 2.88. The van der Waals surface area contributed by atoms with Crippen molar-refractivity contribution in [3.63, 3.8) is 0 Å². The van der Waals surface area contributed by atoms with Crippen molar-refractivity contribution in [1.29, 1.82) is 5.26 Å². The fraction of sp³-hybridized carbons (Fsp3) is 0.786. The van der Waals surface area contributed by atoms with Gasteiger partial charge in [-0.25, -0.2) is 0 Å². The molecule has 4 unspecified atom stereocenters. The monoisotopic (exact) mass is 265 g/mol. The van der Waals surface area contributed by atoms with Crippen molar-refractivity contribution in [2.45, 2.75) is 52.2 Å². The molecule has 0 aromatic heterocycles. The Bertz CT molecular complexity index is 437. The van der Waals surface area contributed by atoms with Crippen LogP contribution < -0.4 is 0 Å². The van der Waals surface area contributed by atoms with E-state index in [0.29, 0.717) is 19.3 Å². The van der Waals surface area contributed by atoms with Gasteiger partial charge in [0.05, 0.1) is 17.4 Å². The Balaban J connectivity index is 2.09. The molecule has 2 aliphatic rings. The number of rotatable bonds is 3. The summed E-state index contributed by atoms with van der Waals surface area (Å²) in [6.45, 7) is 5.60. The molecule has 1 aliphatic heterocycles. The van der Waals surface area contributed by atoms with Gasteiger partial charge in [-0.2, -0.15) is 5.26 Å². The second kappa shape index (κ2) is 4.84. The Kier molecular flexibility index (Phi) is 3.53. The SMILES string of the molecule is CCC(C)(C)C(=O)OC1CCC2OC(=O)C(C#N)C21. The molecule has 1 aliphatic carbocycles. The van der Waals surface area contributed by atoms with Crippen molar-refractivity contribution in [2.75, 3.05) is 0 Å². The summed E-state index contributed by atoms with van der Waals surface area (Å²) < 4.78 is 10.7. The molecule has 0 bridgehead atoms. The zero-order chi connectivity index (χ0) is 14.2. The first kappa shape index (κ1) is 13.9. The summed E-state index contributed by atoms with van der Waals surface area (Å²) in [4.78, 5) is 23.6. The highest BCUT2D eigenvalue weighted by Gasteiger charge is 2.54. The van der Waals surface area contributed by atoms with E-state index in [4.69, 9.17) is 14.7 Å². The van der Waals surface area contributed by atoms with Gasteiger partial charge in [0.1, 0.15) is 12.2 Å². The summed E-state index contributed by atoms with van der Waals surface area (Å²) in [6.07, 6.45) is 1.37. The van der Waals surface area contributed by atoms with Gasteiger partial charge in [-0.3, -0.25) is 9.59 Å². The molecule has 104 valence electrons. The lowest BCUT2D eigenvalue weighted by Gasteiger charge is -2.26. The van der Waals surface area contributed by atoms with Gasteiger partial charge in [-0.05, 0) is 33.1 Å². The molecule has 4 atom stereocenters. The number of nitriles is 1. The molecule has 2 rings (SSSR count). The van der Waals surface area contributed by atoms with Crippen LogP contribution in [0, 0.1) is 28.6 Å². The highest BCUT2D eigenvalue weighted by molar-refractivity contribution is 5.79. The normalized spacial score (nSPS) is 33.5. The van der Waals surface area contributed by atoms with Gasteiger partial charge in [0.2, 0.25) is 0 Å². The van der Waals surface area contributed by atoms with E-state index in [1.54, 1.807) is 0 Å². The number of carbonyl (C=O) groups excluding carboxylic acids is 2. The molecule has 1 saturated heterocycles. The number of hydrogen-bond acceptors (Lipinski definition) is 5. The number of hydrogen-bond donors (Lipinski definition) is 0. The third kappa shape index (κ3) is 2.32.